The van der Waals surface area contributed by atoms with Gasteiger partial charge >= 0.3 is 5.97 Å². The van der Waals surface area contributed by atoms with Gasteiger partial charge in [0.2, 0.25) is 0 Å². The van der Waals surface area contributed by atoms with E-state index in [0.717, 1.165) is 13.5 Å². The molecule has 1 atom stereocenters. The highest BCUT2D eigenvalue weighted by Gasteiger charge is 2.09. The van der Waals surface area contributed by atoms with E-state index >= 15 is 0 Å². The van der Waals surface area contributed by atoms with Crippen LogP contribution in [-0.4, -0.2) is 47.2 Å². The Hall–Kier alpha value is -1.83. The van der Waals surface area contributed by atoms with Gasteiger partial charge in [-0.15, -0.1) is 0 Å². The molecule has 7 N–H and O–H groups in total. The molecule has 1 unspecified atom stereocenters. The van der Waals surface area contributed by atoms with Gasteiger partial charge in [0.1, 0.15) is 6.04 Å². The van der Waals surface area contributed by atoms with Crippen molar-refractivity contribution in [2.45, 2.75) is 32.7 Å². The Morgan fingerprint density at radius 2 is 1.89 bits per heavy atom. The van der Waals surface area contributed by atoms with Crippen LogP contribution < -0.4 is 16.8 Å². The van der Waals surface area contributed by atoms with Crippen LogP contribution in [0.25, 0.3) is 0 Å². The van der Waals surface area contributed by atoms with Crippen LogP contribution in [0.5, 0.6) is 0 Å². The zero-order valence-corrected chi connectivity index (χ0v) is 10.7. The van der Waals surface area contributed by atoms with Crippen LogP contribution in [0.3, 0.4) is 0 Å². The SMILES string of the molecule is CC(=O)O.CCNC(N)=NCCCC(N)C(=O)O. The molecule has 0 saturated heterocycles. The summed E-state index contributed by atoms with van der Waals surface area (Å²) in [5, 5.41) is 18.7. The maximum Gasteiger partial charge on any atom is 0.320 e. The number of nitrogens with one attached hydrogen (secondary N) is 1. The van der Waals surface area contributed by atoms with Crippen molar-refractivity contribution < 1.29 is 19.8 Å². The summed E-state index contributed by atoms with van der Waals surface area (Å²) in [4.78, 5) is 23.3. The summed E-state index contributed by atoms with van der Waals surface area (Å²) >= 11 is 0. The van der Waals surface area contributed by atoms with E-state index in [0.29, 0.717) is 25.3 Å². The monoisotopic (exact) mass is 262 g/mol. The Kier molecular flexibility index (Phi) is 12.0. The smallest absolute Gasteiger partial charge is 0.320 e. The summed E-state index contributed by atoms with van der Waals surface area (Å²) in [6, 6.07) is -0.800. The minimum atomic E-state index is -0.978. The molecule has 0 bridgehead atoms. The number of guanidine groups is 1. The fourth-order valence-electron chi connectivity index (χ4n) is 0.871. The number of carbonyl (C=O) groups is 2. The lowest BCUT2D eigenvalue weighted by molar-refractivity contribution is -0.138. The fourth-order valence-corrected chi connectivity index (χ4v) is 0.871. The van der Waals surface area contributed by atoms with Gasteiger partial charge in [0.15, 0.2) is 5.96 Å². The summed E-state index contributed by atoms with van der Waals surface area (Å²) in [5.74, 6) is -1.43. The second-order valence-corrected chi connectivity index (χ2v) is 3.40. The topological polar surface area (TPSA) is 151 Å². The number of nitrogens with zero attached hydrogens (tertiary/aromatic N) is 1. The Balaban J connectivity index is 0. The number of carboxylic acid groups (broad SMARTS) is 2. The van der Waals surface area contributed by atoms with Crippen LogP contribution in [0, 0.1) is 0 Å². The van der Waals surface area contributed by atoms with Gasteiger partial charge in [0, 0.05) is 20.0 Å². The van der Waals surface area contributed by atoms with Crippen molar-refractivity contribution >= 4 is 17.9 Å². The quantitative estimate of drug-likeness (QED) is 0.238. The van der Waals surface area contributed by atoms with E-state index < -0.39 is 18.0 Å². The lowest BCUT2D eigenvalue weighted by Gasteiger charge is -2.04. The lowest BCUT2D eigenvalue weighted by Crippen LogP contribution is -2.32. The highest BCUT2D eigenvalue weighted by molar-refractivity contribution is 5.77. The van der Waals surface area contributed by atoms with E-state index in [-0.39, 0.29) is 0 Å². The maximum atomic E-state index is 10.3. The standard InChI is InChI=1S/C8H18N4O2.C2H4O2/c1-2-11-8(10)12-5-3-4-6(9)7(13)14;1-2(3)4/h6H,2-5,9H2,1H3,(H,13,14)(H3,10,11,12);1H3,(H,3,4). The molecule has 106 valence electrons. The van der Waals surface area contributed by atoms with Gasteiger partial charge in [-0.2, -0.15) is 0 Å². The predicted molar refractivity (Wildman–Crippen MR) is 68.3 cm³/mol. The molecule has 0 fully saturated rings. The molecule has 0 rings (SSSR count). The van der Waals surface area contributed by atoms with Crippen molar-refractivity contribution in [3.05, 3.63) is 0 Å². The molecular weight excluding hydrogens is 240 g/mol. The van der Waals surface area contributed by atoms with E-state index in [1.807, 2.05) is 6.92 Å². The van der Waals surface area contributed by atoms with Gasteiger partial charge in [-0.1, -0.05) is 0 Å². The number of nitrogens with two attached hydrogens (primary N) is 2. The summed E-state index contributed by atoms with van der Waals surface area (Å²) in [7, 11) is 0. The zero-order chi connectivity index (χ0) is 14.6. The van der Waals surface area contributed by atoms with Crippen LogP contribution >= 0.6 is 0 Å². The van der Waals surface area contributed by atoms with Crippen molar-refractivity contribution in [3.63, 3.8) is 0 Å². The van der Waals surface area contributed by atoms with Crippen LogP contribution in [0.1, 0.15) is 26.7 Å². The maximum absolute atomic E-state index is 10.3. The first-order chi connectivity index (χ1) is 8.31. The summed E-state index contributed by atoms with van der Waals surface area (Å²) in [6.45, 7) is 4.23. The third-order valence-corrected chi connectivity index (χ3v) is 1.63. The molecule has 0 aromatic carbocycles. The number of aliphatic carboxylic acids is 2. The number of aliphatic imine (C=N–C) groups is 1. The number of hydrogen-bond donors (Lipinski definition) is 5. The number of hydrogen-bond acceptors (Lipinski definition) is 4. The average Bonchev–Trinajstić information content (AvgIpc) is 2.23. The van der Waals surface area contributed by atoms with E-state index in [9.17, 15) is 4.79 Å². The molecule has 0 aliphatic carbocycles. The lowest BCUT2D eigenvalue weighted by atomic mass is 10.2. The molecule has 0 aliphatic rings. The van der Waals surface area contributed by atoms with Crippen molar-refractivity contribution in [2.24, 2.45) is 16.5 Å². The first-order valence-corrected chi connectivity index (χ1v) is 5.52. The molecule has 0 aromatic heterocycles. The molecule has 0 spiro atoms. The second-order valence-electron chi connectivity index (χ2n) is 3.40. The predicted octanol–water partition coefficient (Wildman–Crippen LogP) is -0.806. The molecule has 8 nitrogen and oxygen atoms in total. The molecule has 0 saturated carbocycles. The van der Waals surface area contributed by atoms with Gasteiger partial charge in [-0.3, -0.25) is 14.6 Å². The fraction of sp³-hybridized carbons (Fsp3) is 0.700. The third-order valence-electron chi connectivity index (χ3n) is 1.63. The van der Waals surface area contributed by atoms with E-state index in [2.05, 4.69) is 10.3 Å². The highest BCUT2D eigenvalue weighted by atomic mass is 16.4. The first-order valence-electron chi connectivity index (χ1n) is 5.52. The summed E-state index contributed by atoms with van der Waals surface area (Å²) in [6.07, 6.45) is 1.04. The second kappa shape index (κ2) is 11.6. The van der Waals surface area contributed by atoms with E-state index in [1.54, 1.807) is 0 Å². The molecule has 8 heteroatoms. The Morgan fingerprint density at radius 3 is 2.28 bits per heavy atom. The van der Waals surface area contributed by atoms with Gasteiger partial charge in [-0.25, -0.2) is 0 Å². The van der Waals surface area contributed by atoms with Gasteiger partial charge in [0.25, 0.3) is 5.97 Å². The van der Waals surface area contributed by atoms with E-state index in [1.165, 1.54) is 0 Å². The van der Waals surface area contributed by atoms with Crippen LogP contribution in [-0.2, 0) is 9.59 Å². The minimum absolute atomic E-state index is 0.386. The normalized spacial score (nSPS) is 12.1. The van der Waals surface area contributed by atoms with Gasteiger partial charge in [-0.05, 0) is 19.8 Å². The largest absolute Gasteiger partial charge is 0.481 e. The first kappa shape index (κ1) is 18.5. The van der Waals surface area contributed by atoms with Crippen molar-refractivity contribution in [1.29, 1.82) is 0 Å². The molecular formula is C10H22N4O4. The molecule has 0 amide bonds. The zero-order valence-electron chi connectivity index (χ0n) is 10.7. The Bertz CT molecular complexity index is 277. The third kappa shape index (κ3) is 16.6. The minimum Gasteiger partial charge on any atom is -0.481 e. The molecule has 0 radical (unpaired) electrons. The van der Waals surface area contributed by atoms with Crippen molar-refractivity contribution in [1.82, 2.24) is 5.32 Å². The Labute approximate surface area is 106 Å². The van der Waals surface area contributed by atoms with Crippen molar-refractivity contribution in [3.8, 4) is 0 Å². The number of carboxylic acids is 2. The highest BCUT2D eigenvalue weighted by Crippen LogP contribution is 1.94. The summed E-state index contributed by atoms with van der Waals surface area (Å²) in [5.41, 5.74) is 10.7. The molecule has 18 heavy (non-hydrogen) atoms. The van der Waals surface area contributed by atoms with Gasteiger partial charge in [0.05, 0.1) is 0 Å². The van der Waals surface area contributed by atoms with Crippen LogP contribution in [0.15, 0.2) is 4.99 Å². The molecule has 0 aromatic rings. The van der Waals surface area contributed by atoms with Gasteiger partial charge < -0.3 is 27.0 Å². The van der Waals surface area contributed by atoms with Crippen LogP contribution in [0.4, 0.5) is 0 Å². The number of rotatable bonds is 6. The van der Waals surface area contributed by atoms with E-state index in [4.69, 9.17) is 26.5 Å². The molecule has 0 heterocycles. The Morgan fingerprint density at radius 1 is 1.39 bits per heavy atom. The van der Waals surface area contributed by atoms with Crippen LogP contribution in [0.2, 0.25) is 0 Å². The summed E-state index contributed by atoms with van der Waals surface area (Å²) < 4.78 is 0. The molecule has 0 aliphatic heterocycles. The van der Waals surface area contributed by atoms with Crippen molar-refractivity contribution in [2.75, 3.05) is 13.1 Å². The average molecular weight is 262 g/mol.